The summed E-state index contributed by atoms with van der Waals surface area (Å²) in [6, 6.07) is 19.1. The fourth-order valence-electron chi connectivity index (χ4n) is 3.02. The van der Waals surface area contributed by atoms with Gasteiger partial charge in [-0.25, -0.2) is 0 Å². The number of benzene rings is 3. The Morgan fingerprint density at radius 3 is 1.87 bits per heavy atom. The second-order valence-electron chi connectivity index (χ2n) is 7.25. The van der Waals surface area contributed by atoms with Crippen molar-refractivity contribution in [1.82, 2.24) is 0 Å². The zero-order valence-corrected chi connectivity index (χ0v) is 18.2. The van der Waals surface area contributed by atoms with E-state index < -0.39 is 10.0 Å². The summed E-state index contributed by atoms with van der Waals surface area (Å²) in [7, 11) is -3.94. The number of carbonyl (C=O) groups is 1. The van der Waals surface area contributed by atoms with Crippen molar-refractivity contribution >= 4 is 27.3 Å². The lowest BCUT2D eigenvalue weighted by Crippen LogP contribution is -2.18. The van der Waals surface area contributed by atoms with Gasteiger partial charge in [-0.3, -0.25) is 4.79 Å². The Labute approximate surface area is 177 Å². The SMILES string of the molecule is CC(=O)c1ccc(/C(=N\S(=O)(=O)c2ccc(C)cc2)Nc2c(C)cccc2C)cc1. The van der Waals surface area contributed by atoms with Crippen molar-refractivity contribution in [2.24, 2.45) is 4.40 Å². The number of sulfonamides is 1. The monoisotopic (exact) mass is 420 g/mol. The van der Waals surface area contributed by atoms with Crippen molar-refractivity contribution in [3.8, 4) is 0 Å². The molecule has 0 saturated carbocycles. The molecule has 0 aliphatic heterocycles. The molecule has 3 aromatic rings. The van der Waals surface area contributed by atoms with Crippen molar-refractivity contribution in [2.45, 2.75) is 32.6 Å². The Morgan fingerprint density at radius 1 is 0.800 bits per heavy atom. The molecule has 0 fully saturated rings. The molecule has 0 atom stereocenters. The molecule has 0 radical (unpaired) electrons. The highest BCUT2D eigenvalue weighted by Gasteiger charge is 2.17. The van der Waals surface area contributed by atoms with Gasteiger partial charge in [-0.15, -0.1) is 4.40 Å². The number of rotatable bonds is 5. The lowest BCUT2D eigenvalue weighted by molar-refractivity contribution is 0.101. The molecule has 0 spiro atoms. The van der Waals surface area contributed by atoms with Crippen LogP contribution in [0, 0.1) is 20.8 Å². The highest BCUT2D eigenvalue weighted by atomic mass is 32.2. The number of carbonyl (C=O) groups excluding carboxylic acids is 1. The van der Waals surface area contributed by atoms with Crippen LogP contribution in [0.25, 0.3) is 0 Å². The number of nitrogens with zero attached hydrogens (tertiary/aromatic N) is 1. The molecule has 3 aromatic carbocycles. The van der Waals surface area contributed by atoms with Crippen molar-refractivity contribution in [1.29, 1.82) is 0 Å². The van der Waals surface area contributed by atoms with Crippen molar-refractivity contribution in [3.05, 3.63) is 94.5 Å². The zero-order chi connectivity index (χ0) is 21.9. The molecule has 0 aliphatic rings. The summed E-state index contributed by atoms with van der Waals surface area (Å²) in [6.45, 7) is 7.27. The van der Waals surface area contributed by atoms with E-state index in [1.54, 1.807) is 48.5 Å². The number of nitrogens with one attached hydrogen (secondary N) is 1. The number of hydrogen-bond donors (Lipinski definition) is 1. The number of anilines is 1. The van der Waals surface area contributed by atoms with Crippen LogP contribution in [0.3, 0.4) is 0 Å². The highest BCUT2D eigenvalue weighted by Crippen LogP contribution is 2.22. The summed E-state index contributed by atoms with van der Waals surface area (Å²) >= 11 is 0. The van der Waals surface area contributed by atoms with Gasteiger partial charge < -0.3 is 5.32 Å². The van der Waals surface area contributed by atoms with Gasteiger partial charge in [0.05, 0.1) is 4.90 Å². The summed E-state index contributed by atoms with van der Waals surface area (Å²) in [5.74, 6) is 0.137. The van der Waals surface area contributed by atoms with E-state index in [-0.39, 0.29) is 16.5 Å². The van der Waals surface area contributed by atoms with Crippen LogP contribution in [0.2, 0.25) is 0 Å². The highest BCUT2D eigenvalue weighted by molar-refractivity contribution is 7.90. The van der Waals surface area contributed by atoms with Crippen LogP contribution in [0.4, 0.5) is 5.69 Å². The van der Waals surface area contributed by atoms with Crippen LogP contribution in [0.15, 0.2) is 76.0 Å². The van der Waals surface area contributed by atoms with E-state index in [0.717, 1.165) is 22.4 Å². The zero-order valence-electron chi connectivity index (χ0n) is 17.4. The minimum Gasteiger partial charge on any atom is -0.339 e. The Bertz CT molecular complexity index is 1190. The second kappa shape index (κ2) is 8.63. The topological polar surface area (TPSA) is 75.6 Å². The van der Waals surface area contributed by atoms with Crippen molar-refractivity contribution in [3.63, 3.8) is 0 Å². The van der Waals surface area contributed by atoms with Crippen LogP contribution in [-0.4, -0.2) is 20.0 Å². The van der Waals surface area contributed by atoms with Gasteiger partial charge in [0.1, 0.15) is 0 Å². The van der Waals surface area contributed by atoms with Gasteiger partial charge in [-0.2, -0.15) is 8.42 Å². The Kier molecular flexibility index (Phi) is 6.17. The quantitative estimate of drug-likeness (QED) is 0.355. The van der Waals surface area contributed by atoms with E-state index >= 15 is 0 Å². The lowest BCUT2D eigenvalue weighted by Gasteiger charge is -2.15. The Morgan fingerprint density at radius 2 is 1.33 bits per heavy atom. The van der Waals surface area contributed by atoms with Gasteiger partial charge in [-0.05, 0) is 51.0 Å². The molecule has 0 aromatic heterocycles. The molecule has 0 amide bonds. The average molecular weight is 421 g/mol. The van der Waals surface area contributed by atoms with E-state index in [9.17, 15) is 13.2 Å². The third-order valence-corrected chi connectivity index (χ3v) is 6.11. The molecule has 154 valence electrons. The molecule has 0 unspecified atom stereocenters. The molecule has 3 rings (SSSR count). The fraction of sp³-hybridized carbons (Fsp3) is 0.167. The number of hydrogen-bond acceptors (Lipinski definition) is 3. The number of Topliss-reactive ketones (excluding diaryl/α,β-unsaturated/α-hetero) is 1. The standard InChI is InChI=1S/C24H24N2O3S/c1-16-8-14-22(15-9-16)30(28,29)26-24(21-12-10-20(11-13-21)19(4)27)25-23-17(2)6-5-7-18(23)3/h5-15H,1-4H3,(H,25,26). The number of ketones is 1. The maximum atomic E-state index is 13.0. The van der Waals surface area contributed by atoms with Crippen LogP contribution < -0.4 is 5.32 Å². The number of amidine groups is 1. The average Bonchev–Trinajstić information content (AvgIpc) is 2.70. The molecule has 0 bridgehead atoms. The summed E-state index contributed by atoms with van der Waals surface area (Å²) in [5.41, 5.74) is 4.81. The van der Waals surface area contributed by atoms with E-state index in [1.165, 1.54) is 6.92 Å². The third-order valence-electron chi connectivity index (χ3n) is 4.82. The predicted molar refractivity (Wildman–Crippen MR) is 121 cm³/mol. The fourth-order valence-corrected chi connectivity index (χ4v) is 4.00. The maximum Gasteiger partial charge on any atom is 0.284 e. The van der Waals surface area contributed by atoms with Gasteiger partial charge in [0.15, 0.2) is 11.6 Å². The molecule has 6 heteroatoms. The summed E-state index contributed by atoms with van der Waals surface area (Å²) in [6.07, 6.45) is 0. The van der Waals surface area contributed by atoms with E-state index in [2.05, 4.69) is 9.71 Å². The lowest BCUT2D eigenvalue weighted by atomic mass is 10.1. The summed E-state index contributed by atoms with van der Waals surface area (Å²) in [4.78, 5) is 11.7. The Balaban J connectivity index is 2.12. The molecule has 30 heavy (non-hydrogen) atoms. The van der Waals surface area contributed by atoms with E-state index in [0.29, 0.717) is 11.1 Å². The Hall–Kier alpha value is -3.25. The van der Waals surface area contributed by atoms with Crippen LogP contribution in [0.5, 0.6) is 0 Å². The van der Waals surface area contributed by atoms with Gasteiger partial charge >= 0.3 is 0 Å². The second-order valence-corrected chi connectivity index (χ2v) is 8.86. The first kappa shape index (κ1) is 21.5. The smallest absolute Gasteiger partial charge is 0.284 e. The molecule has 5 nitrogen and oxygen atoms in total. The first-order valence-electron chi connectivity index (χ1n) is 9.53. The number of aryl methyl sites for hydroxylation is 3. The normalized spacial score (nSPS) is 11.9. The van der Waals surface area contributed by atoms with Gasteiger partial charge in [0, 0.05) is 16.8 Å². The molecule has 0 aliphatic carbocycles. The summed E-state index contributed by atoms with van der Waals surface area (Å²) in [5, 5.41) is 3.20. The molecule has 0 saturated heterocycles. The van der Waals surface area contributed by atoms with E-state index in [1.807, 2.05) is 39.0 Å². The number of para-hydroxylation sites is 1. The summed E-state index contributed by atoms with van der Waals surface area (Å²) < 4.78 is 30.1. The first-order valence-corrected chi connectivity index (χ1v) is 11.0. The molecular formula is C24H24N2O3S. The maximum absolute atomic E-state index is 13.0. The minimum atomic E-state index is -3.94. The van der Waals surface area contributed by atoms with Gasteiger partial charge in [0.25, 0.3) is 10.0 Å². The van der Waals surface area contributed by atoms with Crippen molar-refractivity contribution < 1.29 is 13.2 Å². The van der Waals surface area contributed by atoms with Gasteiger partial charge in [-0.1, -0.05) is 60.2 Å². The van der Waals surface area contributed by atoms with Crippen LogP contribution in [0.1, 0.15) is 39.5 Å². The van der Waals surface area contributed by atoms with E-state index in [4.69, 9.17) is 0 Å². The minimum absolute atomic E-state index is 0.0602. The predicted octanol–water partition coefficient (Wildman–Crippen LogP) is 5.06. The van der Waals surface area contributed by atoms with Crippen molar-refractivity contribution in [2.75, 3.05) is 5.32 Å². The molecule has 1 N–H and O–H groups in total. The largest absolute Gasteiger partial charge is 0.339 e. The van der Waals surface area contributed by atoms with Gasteiger partial charge in [0.2, 0.25) is 0 Å². The third kappa shape index (κ3) is 4.83. The first-order chi connectivity index (χ1) is 14.2. The van der Waals surface area contributed by atoms with Crippen LogP contribution >= 0.6 is 0 Å². The molecular weight excluding hydrogens is 396 g/mol. The molecule has 0 heterocycles. The van der Waals surface area contributed by atoms with Crippen LogP contribution in [-0.2, 0) is 10.0 Å².